The number of aromatic nitrogens is 2. The Bertz CT molecular complexity index is 641. The van der Waals surface area contributed by atoms with Crippen LogP contribution in [0.4, 0.5) is 5.69 Å². The Hall–Kier alpha value is -1.56. The Labute approximate surface area is 126 Å². The standard InChI is InChI=1S/C13H13Cl2N3O2/c1-20-5-4-18-12(10(15)7-17-18)13(19)8-2-3-11(16)9(14)6-8/h2-3,6-7H,4-5,16H2,1H3. The summed E-state index contributed by atoms with van der Waals surface area (Å²) in [4.78, 5) is 12.5. The Balaban J connectivity index is 2.37. The summed E-state index contributed by atoms with van der Waals surface area (Å²) < 4.78 is 6.49. The third-order valence-electron chi connectivity index (χ3n) is 2.78. The molecule has 0 aliphatic rings. The molecule has 0 atom stereocenters. The monoisotopic (exact) mass is 313 g/mol. The minimum atomic E-state index is -0.259. The first-order chi connectivity index (χ1) is 9.54. The molecule has 2 aromatic rings. The second kappa shape index (κ2) is 6.26. The third kappa shape index (κ3) is 2.95. The van der Waals surface area contributed by atoms with E-state index in [4.69, 9.17) is 33.7 Å². The van der Waals surface area contributed by atoms with E-state index in [2.05, 4.69) is 5.10 Å². The molecule has 7 heteroatoms. The molecule has 0 spiro atoms. The molecule has 20 heavy (non-hydrogen) atoms. The topological polar surface area (TPSA) is 70.1 Å². The number of carbonyl (C=O) groups excluding carboxylic acids is 1. The molecule has 0 fully saturated rings. The van der Waals surface area contributed by atoms with E-state index >= 15 is 0 Å². The summed E-state index contributed by atoms with van der Waals surface area (Å²) in [6.07, 6.45) is 1.43. The molecule has 1 aromatic carbocycles. The molecule has 0 aliphatic carbocycles. The van der Waals surface area contributed by atoms with Gasteiger partial charge in [0.2, 0.25) is 5.78 Å². The number of methoxy groups -OCH3 is 1. The lowest BCUT2D eigenvalue weighted by Crippen LogP contribution is -2.14. The number of nitrogens with zero attached hydrogens (tertiary/aromatic N) is 2. The molecule has 0 saturated carbocycles. The summed E-state index contributed by atoms with van der Waals surface area (Å²) >= 11 is 12.0. The molecular weight excluding hydrogens is 301 g/mol. The van der Waals surface area contributed by atoms with Crippen LogP contribution in [0.3, 0.4) is 0 Å². The summed E-state index contributed by atoms with van der Waals surface area (Å²) in [5, 5.41) is 4.69. The zero-order valence-electron chi connectivity index (χ0n) is 10.8. The van der Waals surface area contributed by atoms with Gasteiger partial charge in [0.05, 0.1) is 35.1 Å². The van der Waals surface area contributed by atoms with Gasteiger partial charge in [0.1, 0.15) is 5.69 Å². The quantitative estimate of drug-likeness (QED) is 0.680. The number of anilines is 1. The highest BCUT2D eigenvalue weighted by Crippen LogP contribution is 2.24. The molecule has 1 heterocycles. The molecule has 0 unspecified atom stereocenters. The van der Waals surface area contributed by atoms with Gasteiger partial charge in [0.15, 0.2) is 0 Å². The fourth-order valence-electron chi connectivity index (χ4n) is 1.74. The van der Waals surface area contributed by atoms with Crippen LogP contribution in [-0.2, 0) is 11.3 Å². The molecule has 2 N–H and O–H groups in total. The average molecular weight is 314 g/mol. The van der Waals surface area contributed by atoms with Gasteiger partial charge in [0.25, 0.3) is 0 Å². The summed E-state index contributed by atoms with van der Waals surface area (Å²) in [5.41, 5.74) is 6.77. The molecule has 0 aliphatic heterocycles. The molecule has 2 rings (SSSR count). The van der Waals surface area contributed by atoms with E-state index in [1.54, 1.807) is 19.2 Å². The molecule has 5 nitrogen and oxygen atoms in total. The number of carbonyl (C=O) groups is 1. The van der Waals surface area contributed by atoms with Crippen molar-refractivity contribution in [2.24, 2.45) is 0 Å². The maximum atomic E-state index is 12.5. The lowest BCUT2D eigenvalue weighted by atomic mass is 10.1. The van der Waals surface area contributed by atoms with Crippen LogP contribution < -0.4 is 5.73 Å². The Morgan fingerprint density at radius 2 is 2.15 bits per heavy atom. The van der Waals surface area contributed by atoms with Crippen molar-refractivity contribution in [3.05, 3.63) is 45.7 Å². The summed E-state index contributed by atoms with van der Waals surface area (Å²) in [5.74, 6) is -0.259. The molecule has 1 aromatic heterocycles. The van der Waals surface area contributed by atoms with Gasteiger partial charge >= 0.3 is 0 Å². The van der Waals surface area contributed by atoms with E-state index in [-0.39, 0.29) is 5.78 Å². The first kappa shape index (κ1) is 14.8. The van der Waals surface area contributed by atoms with Gasteiger partial charge < -0.3 is 10.5 Å². The molecule has 0 amide bonds. The van der Waals surface area contributed by atoms with E-state index in [0.29, 0.717) is 40.1 Å². The Morgan fingerprint density at radius 1 is 1.40 bits per heavy atom. The number of benzene rings is 1. The van der Waals surface area contributed by atoms with Crippen molar-refractivity contribution >= 4 is 34.7 Å². The predicted octanol–water partition coefficient (Wildman–Crippen LogP) is 2.65. The second-order valence-electron chi connectivity index (χ2n) is 4.12. The van der Waals surface area contributed by atoms with Gasteiger partial charge in [-0.15, -0.1) is 0 Å². The van der Waals surface area contributed by atoms with E-state index in [9.17, 15) is 4.79 Å². The van der Waals surface area contributed by atoms with Crippen molar-refractivity contribution in [1.82, 2.24) is 9.78 Å². The van der Waals surface area contributed by atoms with E-state index < -0.39 is 0 Å². The number of hydrogen-bond donors (Lipinski definition) is 1. The average Bonchev–Trinajstić information content (AvgIpc) is 2.80. The lowest BCUT2D eigenvalue weighted by molar-refractivity contribution is 0.102. The van der Waals surface area contributed by atoms with Gasteiger partial charge in [-0.05, 0) is 18.2 Å². The Morgan fingerprint density at radius 3 is 2.80 bits per heavy atom. The second-order valence-corrected chi connectivity index (χ2v) is 4.94. The van der Waals surface area contributed by atoms with Crippen LogP contribution in [0.5, 0.6) is 0 Å². The highest BCUT2D eigenvalue weighted by Gasteiger charge is 2.19. The van der Waals surface area contributed by atoms with Crippen molar-refractivity contribution in [3.63, 3.8) is 0 Å². The molecule has 0 bridgehead atoms. The molecule has 106 valence electrons. The van der Waals surface area contributed by atoms with Gasteiger partial charge in [-0.3, -0.25) is 9.48 Å². The highest BCUT2D eigenvalue weighted by molar-refractivity contribution is 6.35. The van der Waals surface area contributed by atoms with Crippen LogP contribution in [0.25, 0.3) is 0 Å². The lowest BCUT2D eigenvalue weighted by Gasteiger charge is -2.08. The number of halogens is 2. The molecule has 0 radical (unpaired) electrons. The summed E-state index contributed by atoms with van der Waals surface area (Å²) in [6.45, 7) is 0.869. The van der Waals surface area contributed by atoms with Crippen molar-refractivity contribution in [2.45, 2.75) is 6.54 Å². The number of rotatable bonds is 5. The maximum Gasteiger partial charge on any atom is 0.212 e. The SMILES string of the molecule is COCCn1ncc(Cl)c1C(=O)c1ccc(N)c(Cl)c1. The molecule has 0 saturated heterocycles. The van der Waals surface area contributed by atoms with Crippen molar-refractivity contribution in [1.29, 1.82) is 0 Å². The minimum absolute atomic E-state index is 0.259. The van der Waals surface area contributed by atoms with E-state index in [1.165, 1.54) is 16.9 Å². The first-order valence-electron chi connectivity index (χ1n) is 5.84. The highest BCUT2D eigenvalue weighted by atomic mass is 35.5. The number of ketones is 1. The first-order valence-corrected chi connectivity index (χ1v) is 6.60. The normalized spacial score (nSPS) is 10.8. The number of nitrogens with two attached hydrogens (primary N) is 1. The summed E-state index contributed by atoms with van der Waals surface area (Å²) in [7, 11) is 1.58. The van der Waals surface area contributed by atoms with Crippen LogP contribution in [0.1, 0.15) is 16.1 Å². The van der Waals surface area contributed by atoms with Gasteiger partial charge in [-0.25, -0.2) is 0 Å². The van der Waals surface area contributed by atoms with E-state index in [0.717, 1.165) is 0 Å². The van der Waals surface area contributed by atoms with Crippen LogP contribution >= 0.6 is 23.2 Å². The van der Waals surface area contributed by atoms with Crippen molar-refractivity contribution in [2.75, 3.05) is 19.5 Å². The largest absolute Gasteiger partial charge is 0.398 e. The van der Waals surface area contributed by atoms with Gasteiger partial charge in [-0.2, -0.15) is 5.10 Å². The number of ether oxygens (including phenoxy) is 1. The van der Waals surface area contributed by atoms with E-state index in [1.807, 2.05) is 0 Å². The van der Waals surface area contributed by atoms with Gasteiger partial charge in [-0.1, -0.05) is 23.2 Å². The van der Waals surface area contributed by atoms with Gasteiger partial charge in [0, 0.05) is 12.7 Å². The van der Waals surface area contributed by atoms with Crippen LogP contribution in [0, 0.1) is 0 Å². The number of nitrogen functional groups attached to an aromatic ring is 1. The fraction of sp³-hybridized carbons (Fsp3) is 0.231. The minimum Gasteiger partial charge on any atom is -0.398 e. The zero-order valence-corrected chi connectivity index (χ0v) is 12.3. The van der Waals surface area contributed by atoms with Crippen LogP contribution in [0.2, 0.25) is 10.0 Å². The van der Waals surface area contributed by atoms with Crippen molar-refractivity contribution in [3.8, 4) is 0 Å². The Kier molecular flexibility index (Phi) is 4.65. The summed E-state index contributed by atoms with van der Waals surface area (Å²) in [6, 6.07) is 4.70. The number of hydrogen-bond acceptors (Lipinski definition) is 4. The maximum absolute atomic E-state index is 12.5. The fourth-order valence-corrected chi connectivity index (χ4v) is 2.15. The van der Waals surface area contributed by atoms with Crippen LogP contribution in [0.15, 0.2) is 24.4 Å². The van der Waals surface area contributed by atoms with Crippen molar-refractivity contribution < 1.29 is 9.53 Å². The third-order valence-corrected chi connectivity index (χ3v) is 3.38. The zero-order chi connectivity index (χ0) is 14.7. The van der Waals surface area contributed by atoms with Crippen LogP contribution in [-0.4, -0.2) is 29.3 Å². The smallest absolute Gasteiger partial charge is 0.212 e. The molecular formula is C13H13Cl2N3O2. The predicted molar refractivity (Wildman–Crippen MR) is 78.4 cm³/mol.